The fourth-order valence-corrected chi connectivity index (χ4v) is 1.12. The van der Waals surface area contributed by atoms with Gasteiger partial charge in [-0.3, -0.25) is 0 Å². The maximum absolute atomic E-state index is 13.0. The van der Waals surface area contributed by atoms with Gasteiger partial charge < -0.3 is 10.0 Å². The van der Waals surface area contributed by atoms with Crippen LogP contribution in [0.3, 0.4) is 0 Å². The minimum Gasteiger partial charge on any atom is -0.423 e. The summed E-state index contributed by atoms with van der Waals surface area (Å²) in [6, 6.07) is 4.24. The van der Waals surface area contributed by atoms with Gasteiger partial charge in [-0.05, 0) is 18.1 Å². The molecule has 1 aromatic carbocycles. The van der Waals surface area contributed by atoms with E-state index >= 15 is 0 Å². The van der Waals surface area contributed by atoms with Crippen molar-refractivity contribution in [1.29, 1.82) is 0 Å². The Kier molecular flexibility index (Phi) is 3.86. The van der Waals surface area contributed by atoms with Crippen LogP contribution >= 0.6 is 0 Å². The molecule has 1 aromatic rings. The molecule has 0 aliphatic heterocycles. The summed E-state index contributed by atoms with van der Waals surface area (Å²) in [4.78, 5) is 0. The number of halogens is 1. The average molecular weight is 194 g/mol. The summed E-state index contributed by atoms with van der Waals surface area (Å²) in [5.74, 6) is -0.603. The number of rotatable bonds is 3. The van der Waals surface area contributed by atoms with E-state index in [2.05, 4.69) is 0 Å². The summed E-state index contributed by atoms with van der Waals surface area (Å²) >= 11 is 0. The van der Waals surface area contributed by atoms with Gasteiger partial charge >= 0.3 is 7.12 Å². The normalized spacial score (nSPS) is 10.9. The standard InChI is InChI=1S/C10H12BFO2/c1-2-3-4-8-5-6-10(12)9(7-8)11(13)14/h3-7,13-14H,2H2,1H3/b4-3+. The van der Waals surface area contributed by atoms with E-state index < -0.39 is 12.9 Å². The van der Waals surface area contributed by atoms with Gasteiger partial charge in [-0.1, -0.05) is 31.2 Å². The van der Waals surface area contributed by atoms with Crippen LogP contribution in [-0.2, 0) is 0 Å². The highest BCUT2D eigenvalue weighted by Gasteiger charge is 2.15. The molecule has 0 fully saturated rings. The van der Waals surface area contributed by atoms with Crippen LogP contribution in [0, 0.1) is 5.82 Å². The highest BCUT2D eigenvalue weighted by atomic mass is 19.1. The Labute approximate surface area is 82.8 Å². The van der Waals surface area contributed by atoms with Crippen molar-refractivity contribution in [3.63, 3.8) is 0 Å². The first-order chi connectivity index (χ1) is 6.65. The molecule has 0 saturated heterocycles. The van der Waals surface area contributed by atoms with Crippen molar-refractivity contribution in [1.82, 2.24) is 0 Å². The first kappa shape index (κ1) is 11.0. The smallest absolute Gasteiger partial charge is 0.423 e. The van der Waals surface area contributed by atoms with Crippen molar-refractivity contribution >= 4 is 18.7 Å². The fraction of sp³-hybridized carbons (Fsp3) is 0.200. The SMILES string of the molecule is CC/C=C/c1ccc(F)c(B(O)O)c1. The Balaban J connectivity index is 3.00. The second kappa shape index (κ2) is 4.93. The highest BCUT2D eigenvalue weighted by Crippen LogP contribution is 2.04. The summed E-state index contributed by atoms with van der Waals surface area (Å²) < 4.78 is 13.0. The van der Waals surface area contributed by atoms with Gasteiger partial charge in [0.1, 0.15) is 5.82 Å². The largest absolute Gasteiger partial charge is 0.491 e. The van der Waals surface area contributed by atoms with Crippen LogP contribution in [-0.4, -0.2) is 17.2 Å². The molecule has 4 heteroatoms. The lowest BCUT2D eigenvalue weighted by molar-refractivity contribution is 0.423. The first-order valence-corrected chi connectivity index (χ1v) is 4.47. The molecule has 0 atom stereocenters. The number of benzene rings is 1. The maximum atomic E-state index is 13.0. The maximum Gasteiger partial charge on any atom is 0.491 e. The zero-order chi connectivity index (χ0) is 10.6. The number of hydrogen-bond donors (Lipinski definition) is 2. The van der Waals surface area contributed by atoms with Crippen molar-refractivity contribution in [3.05, 3.63) is 35.7 Å². The van der Waals surface area contributed by atoms with Crippen LogP contribution in [0.1, 0.15) is 18.9 Å². The molecule has 1 rings (SSSR count). The average Bonchev–Trinajstić information content (AvgIpc) is 2.16. The van der Waals surface area contributed by atoms with E-state index in [9.17, 15) is 4.39 Å². The molecule has 0 bridgehead atoms. The number of hydrogen-bond acceptors (Lipinski definition) is 2. The van der Waals surface area contributed by atoms with Gasteiger partial charge in [0.2, 0.25) is 0 Å². The van der Waals surface area contributed by atoms with Gasteiger partial charge in [-0.25, -0.2) is 4.39 Å². The summed E-state index contributed by atoms with van der Waals surface area (Å²) in [5, 5.41) is 17.7. The lowest BCUT2D eigenvalue weighted by atomic mass is 9.79. The molecule has 0 spiro atoms. The highest BCUT2D eigenvalue weighted by molar-refractivity contribution is 6.58. The van der Waals surface area contributed by atoms with Crippen molar-refractivity contribution in [3.8, 4) is 0 Å². The van der Waals surface area contributed by atoms with E-state index in [4.69, 9.17) is 10.0 Å². The minimum absolute atomic E-state index is 0.0942. The zero-order valence-corrected chi connectivity index (χ0v) is 7.94. The van der Waals surface area contributed by atoms with Crippen molar-refractivity contribution in [2.75, 3.05) is 0 Å². The van der Waals surface area contributed by atoms with Gasteiger partial charge in [0.05, 0.1) is 0 Å². The molecule has 0 heterocycles. The third-order valence-corrected chi connectivity index (χ3v) is 1.84. The van der Waals surface area contributed by atoms with Gasteiger partial charge in [0.15, 0.2) is 0 Å². The van der Waals surface area contributed by atoms with Gasteiger partial charge in [-0.15, -0.1) is 0 Å². The predicted octanol–water partition coefficient (Wildman–Crippen LogP) is 0.929. The molecule has 0 radical (unpaired) electrons. The predicted molar refractivity (Wildman–Crippen MR) is 55.6 cm³/mol. The molecule has 0 aromatic heterocycles. The Morgan fingerprint density at radius 2 is 2.14 bits per heavy atom. The summed E-state index contributed by atoms with van der Waals surface area (Å²) in [7, 11) is -1.76. The molecular weight excluding hydrogens is 182 g/mol. The second-order valence-electron chi connectivity index (χ2n) is 2.97. The third-order valence-electron chi connectivity index (χ3n) is 1.84. The molecule has 0 amide bonds. The van der Waals surface area contributed by atoms with Crippen molar-refractivity contribution < 1.29 is 14.4 Å². The molecule has 0 aliphatic rings. The lowest BCUT2D eigenvalue weighted by Gasteiger charge is -2.02. The summed E-state index contributed by atoms with van der Waals surface area (Å²) in [6.45, 7) is 1.99. The Hall–Kier alpha value is -1.13. The Bertz CT molecular complexity index is 337. The van der Waals surface area contributed by atoms with Crippen molar-refractivity contribution in [2.45, 2.75) is 13.3 Å². The minimum atomic E-state index is -1.76. The molecule has 2 N–H and O–H groups in total. The van der Waals surface area contributed by atoms with Crippen LogP contribution in [0.2, 0.25) is 0 Å². The summed E-state index contributed by atoms with van der Waals surface area (Å²) in [5.41, 5.74) is 0.666. The molecule has 0 unspecified atom stereocenters. The zero-order valence-electron chi connectivity index (χ0n) is 7.94. The molecule has 0 aliphatic carbocycles. The van der Waals surface area contributed by atoms with E-state index in [-0.39, 0.29) is 5.46 Å². The first-order valence-electron chi connectivity index (χ1n) is 4.47. The van der Waals surface area contributed by atoms with Crippen molar-refractivity contribution in [2.24, 2.45) is 0 Å². The number of allylic oxidation sites excluding steroid dienone is 1. The monoisotopic (exact) mass is 194 g/mol. The van der Waals surface area contributed by atoms with E-state index in [0.717, 1.165) is 12.0 Å². The fourth-order valence-electron chi connectivity index (χ4n) is 1.12. The van der Waals surface area contributed by atoms with Crippen LogP contribution in [0.4, 0.5) is 4.39 Å². The molecule has 2 nitrogen and oxygen atoms in total. The van der Waals surface area contributed by atoms with Crippen LogP contribution in [0.5, 0.6) is 0 Å². The van der Waals surface area contributed by atoms with E-state index in [1.165, 1.54) is 12.1 Å². The molecule has 14 heavy (non-hydrogen) atoms. The quantitative estimate of drug-likeness (QED) is 0.702. The van der Waals surface area contributed by atoms with Gasteiger partial charge in [-0.2, -0.15) is 0 Å². The van der Waals surface area contributed by atoms with Crippen LogP contribution in [0.25, 0.3) is 6.08 Å². The van der Waals surface area contributed by atoms with E-state index in [0.29, 0.717) is 0 Å². The van der Waals surface area contributed by atoms with E-state index in [1.807, 2.05) is 19.1 Å². The van der Waals surface area contributed by atoms with Crippen LogP contribution in [0.15, 0.2) is 24.3 Å². The molecule has 74 valence electrons. The third kappa shape index (κ3) is 2.68. The Morgan fingerprint density at radius 3 is 2.71 bits per heavy atom. The Morgan fingerprint density at radius 1 is 1.43 bits per heavy atom. The topological polar surface area (TPSA) is 40.5 Å². The van der Waals surface area contributed by atoms with Gasteiger partial charge in [0, 0.05) is 5.46 Å². The van der Waals surface area contributed by atoms with Crippen LogP contribution < -0.4 is 5.46 Å². The molecular formula is C10H12BFO2. The van der Waals surface area contributed by atoms with Gasteiger partial charge in [0.25, 0.3) is 0 Å². The second-order valence-corrected chi connectivity index (χ2v) is 2.97. The van der Waals surface area contributed by atoms with E-state index in [1.54, 1.807) is 6.07 Å². The summed E-state index contributed by atoms with van der Waals surface area (Å²) in [6.07, 6.45) is 4.61. The lowest BCUT2D eigenvalue weighted by Crippen LogP contribution is -2.32. The molecule has 0 saturated carbocycles.